The van der Waals surface area contributed by atoms with Crippen LogP contribution in [0.3, 0.4) is 0 Å². The van der Waals surface area contributed by atoms with Gasteiger partial charge in [-0.3, -0.25) is 14.7 Å². The molecule has 0 spiro atoms. The first-order chi connectivity index (χ1) is 11.7. The van der Waals surface area contributed by atoms with Crippen LogP contribution in [-0.2, 0) is 17.8 Å². The number of hydrogen-bond acceptors (Lipinski definition) is 5. The normalized spacial score (nSPS) is 17.0. The van der Waals surface area contributed by atoms with E-state index in [0.29, 0.717) is 24.5 Å². The number of fused-ring (bicyclic) bond motifs is 1. The predicted octanol–water partition coefficient (Wildman–Crippen LogP) is 0.829. The van der Waals surface area contributed by atoms with Crippen molar-refractivity contribution in [3.63, 3.8) is 0 Å². The molecule has 0 saturated carbocycles. The maximum Gasteiger partial charge on any atom is 0.277 e. The van der Waals surface area contributed by atoms with Crippen LogP contribution in [0.1, 0.15) is 34.6 Å². The Balaban J connectivity index is 1.48. The summed E-state index contributed by atoms with van der Waals surface area (Å²) in [5, 5.41) is 13.1. The molecule has 0 unspecified atom stereocenters. The minimum atomic E-state index is -0.284. The van der Waals surface area contributed by atoms with E-state index in [1.165, 1.54) is 0 Å². The number of pyridine rings is 1. The molecule has 2 amide bonds. The molecule has 2 aromatic rings. The second kappa shape index (κ2) is 6.04. The topological polar surface area (TPSA) is 103 Å². The molecule has 8 nitrogen and oxygen atoms in total. The molecule has 4 rings (SSSR count). The number of nitrogens with one attached hydrogen (secondary N) is 3. The summed E-state index contributed by atoms with van der Waals surface area (Å²) in [7, 11) is 0. The Bertz CT molecular complexity index is 782. The maximum atomic E-state index is 12.4. The molecule has 0 aliphatic carbocycles. The van der Waals surface area contributed by atoms with Crippen molar-refractivity contribution in [3.05, 3.63) is 35.3 Å². The van der Waals surface area contributed by atoms with Crippen molar-refractivity contribution in [2.24, 2.45) is 0 Å². The zero-order valence-electron chi connectivity index (χ0n) is 13.1. The summed E-state index contributed by atoms with van der Waals surface area (Å²) in [5.74, 6) is 0.272. The lowest BCUT2D eigenvalue weighted by molar-refractivity contribution is -0.117. The lowest BCUT2D eigenvalue weighted by atomic mass is 10.1. The Kier molecular flexibility index (Phi) is 3.73. The van der Waals surface area contributed by atoms with Crippen LogP contribution in [0.25, 0.3) is 0 Å². The van der Waals surface area contributed by atoms with Gasteiger partial charge in [-0.15, -0.1) is 0 Å². The zero-order valence-corrected chi connectivity index (χ0v) is 13.1. The molecule has 0 aromatic carbocycles. The number of carbonyl (C=O) groups is 2. The van der Waals surface area contributed by atoms with Gasteiger partial charge in [-0.05, 0) is 18.6 Å². The summed E-state index contributed by atoms with van der Waals surface area (Å²) in [6.45, 7) is 2.24. The number of carbonyl (C=O) groups excluding carboxylic acids is 2. The van der Waals surface area contributed by atoms with Crippen molar-refractivity contribution in [1.29, 1.82) is 0 Å². The molecule has 2 aliphatic rings. The standard InChI is InChI=1S/C16H18N6O2/c23-14-2-1-7-22(14)10-3-4-13(18-8-10)19-16(24)15-11-9-17-6-5-12(11)20-21-15/h3-4,8,17H,1-2,5-7,9H2,(H,20,21)(H,18,19,24). The number of anilines is 2. The first-order valence-electron chi connectivity index (χ1n) is 8.07. The molecule has 0 atom stereocenters. The third-order valence-corrected chi connectivity index (χ3v) is 4.40. The number of hydrogen-bond donors (Lipinski definition) is 3. The predicted molar refractivity (Wildman–Crippen MR) is 87.8 cm³/mol. The third-order valence-electron chi connectivity index (χ3n) is 4.40. The fourth-order valence-corrected chi connectivity index (χ4v) is 3.13. The van der Waals surface area contributed by atoms with E-state index in [4.69, 9.17) is 0 Å². The minimum absolute atomic E-state index is 0.115. The lowest BCUT2D eigenvalue weighted by Crippen LogP contribution is -2.25. The highest BCUT2D eigenvalue weighted by atomic mass is 16.2. The van der Waals surface area contributed by atoms with Crippen LogP contribution in [-0.4, -0.2) is 40.1 Å². The Morgan fingerprint density at radius 2 is 2.21 bits per heavy atom. The molecule has 124 valence electrons. The lowest BCUT2D eigenvalue weighted by Gasteiger charge is -2.15. The van der Waals surface area contributed by atoms with Gasteiger partial charge in [-0.1, -0.05) is 0 Å². The van der Waals surface area contributed by atoms with E-state index in [0.717, 1.165) is 42.9 Å². The SMILES string of the molecule is O=C(Nc1ccc(N2CCCC2=O)cn1)c1n[nH]c2c1CNCC2. The van der Waals surface area contributed by atoms with Gasteiger partial charge in [0.2, 0.25) is 5.91 Å². The summed E-state index contributed by atoms with van der Waals surface area (Å²) in [6, 6.07) is 3.50. The highest BCUT2D eigenvalue weighted by Gasteiger charge is 2.23. The Hall–Kier alpha value is -2.74. The van der Waals surface area contributed by atoms with Gasteiger partial charge in [-0.25, -0.2) is 4.98 Å². The van der Waals surface area contributed by atoms with Gasteiger partial charge in [0.25, 0.3) is 5.91 Å². The van der Waals surface area contributed by atoms with Crippen LogP contribution < -0.4 is 15.5 Å². The van der Waals surface area contributed by atoms with Crippen molar-refractivity contribution in [3.8, 4) is 0 Å². The fourth-order valence-electron chi connectivity index (χ4n) is 3.13. The molecule has 4 heterocycles. The third kappa shape index (κ3) is 2.65. The summed E-state index contributed by atoms with van der Waals surface area (Å²) >= 11 is 0. The van der Waals surface area contributed by atoms with E-state index in [-0.39, 0.29) is 11.8 Å². The molecule has 2 aliphatic heterocycles. The number of aromatic nitrogens is 3. The molecular formula is C16H18N6O2. The van der Waals surface area contributed by atoms with E-state index in [1.807, 2.05) is 0 Å². The molecular weight excluding hydrogens is 308 g/mol. The molecule has 24 heavy (non-hydrogen) atoms. The quantitative estimate of drug-likeness (QED) is 0.775. The van der Waals surface area contributed by atoms with Crippen molar-refractivity contribution in [2.75, 3.05) is 23.3 Å². The van der Waals surface area contributed by atoms with Crippen molar-refractivity contribution < 1.29 is 9.59 Å². The molecule has 0 bridgehead atoms. The first-order valence-corrected chi connectivity index (χ1v) is 8.07. The van der Waals surface area contributed by atoms with Gasteiger partial charge < -0.3 is 15.5 Å². The van der Waals surface area contributed by atoms with Crippen LogP contribution in [0.4, 0.5) is 11.5 Å². The minimum Gasteiger partial charge on any atom is -0.312 e. The van der Waals surface area contributed by atoms with E-state index in [9.17, 15) is 9.59 Å². The van der Waals surface area contributed by atoms with E-state index < -0.39 is 0 Å². The molecule has 1 saturated heterocycles. The highest BCUT2D eigenvalue weighted by molar-refractivity contribution is 6.03. The number of nitrogens with zero attached hydrogens (tertiary/aromatic N) is 3. The van der Waals surface area contributed by atoms with Gasteiger partial charge in [0.05, 0.1) is 11.9 Å². The van der Waals surface area contributed by atoms with E-state index in [1.54, 1.807) is 23.2 Å². The molecule has 2 aromatic heterocycles. The largest absolute Gasteiger partial charge is 0.312 e. The van der Waals surface area contributed by atoms with Crippen molar-refractivity contribution >= 4 is 23.3 Å². The summed E-state index contributed by atoms with van der Waals surface area (Å²) in [4.78, 5) is 30.1. The number of aromatic amines is 1. The number of amides is 2. The van der Waals surface area contributed by atoms with Gasteiger partial charge in [0.15, 0.2) is 5.69 Å². The Morgan fingerprint density at radius 1 is 1.29 bits per heavy atom. The summed E-state index contributed by atoms with van der Waals surface area (Å²) in [6.07, 6.45) is 3.90. The van der Waals surface area contributed by atoms with Crippen LogP contribution in [0.2, 0.25) is 0 Å². The second-order valence-electron chi connectivity index (χ2n) is 5.96. The van der Waals surface area contributed by atoms with Crippen LogP contribution >= 0.6 is 0 Å². The van der Waals surface area contributed by atoms with Crippen LogP contribution in [0, 0.1) is 0 Å². The molecule has 0 radical (unpaired) electrons. The summed E-state index contributed by atoms with van der Waals surface area (Å²) in [5.41, 5.74) is 3.09. The first kappa shape index (κ1) is 14.8. The number of H-pyrrole nitrogens is 1. The summed E-state index contributed by atoms with van der Waals surface area (Å²) < 4.78 is 0. The van der Waals surface area contributed by atoms with Crippen LogP contribution in [0.15, 0.2) is 18.3 Å². The number of rotatable bonds is 3. The Morgan fingerprint density at radius 3 is 2.96 bits per heavy atom. The fraction of sp³-hybridized carbons (Fsp3) is 0.375. The van der Waals surface area contributed by atoms with Gasteiger partial charge in [0, 0.05) is 43.7 Å². The maximum absolute atomic E-state index is 12.4. The van der Waals surface area contributed by atoms with Crippen molar-refractivity contribution in [2.45, 2.75) is 25.8 Å². The monoisotopic (exact) mass is 326 g/mol. The van der Waals surface area contributed by atoms with Gasteiger partial charge in [0.1, 0.15) is 5.82 Å². The highest BCUT2D eigenvalue weighted by Crippen LogP contribution is 2.22. The zero-order chi connectivity index (χ0) is 16.5. The van der Waals surface area contributed by atoms with E-state index in [2.05, 4.69) is 25.8 Å². The average Bonchev–Trinajstić information content (AvgIpc) is 3.22. The second-order valence-corrected chi connectivity index (χ2v) is 5.96. The molecule has 8 heteroatoms. The molecule has 1 fully saturated rings. The Labute approximate surface area is 138 Å². The van der Waals surface area contributed by atoms with Crippen LogP contribution in [0.5, 0.6) is 0 Å². The van der Waals surface area contributed by atoms with Gasteiger partial charge in [-0.2, -0.15) is 5.10 Å². The van der Waals surface area contributed by atoms with E-state index >= 15 is 0 Å². The molecule has 3 N–H and O–H groups in total. The average molecular weight is 326 g/mol. The van der Waals surface area contributed by atoms with Gasteiger partial charge >= 0.3 is 0 Å². The smallest absolute Gasteiger partial charge is 0.277 e. The van der Waals surface area contributed by atoms with Crippen molar-refractivity contribution in [1.82, 2.24) is 20.5 Å².